The molecule has 0 aromatic carbocycles. The van der Waals surface area contributed by atoms with Crippen molar-refractivity contribution >= 4 is 18.0 Å². The van der Waals surface area contributed by atoms with Crippen molar-refractivity contribution in [2.75, 3.05) is 0 Å². The Morgan fingerprint density at radius 1 is 1.71 bits per heavy atom. The molecule has 1 aliphatic heterocycles. The van der Waals surface area contributed by atoms with Gasteiger partial charge in [-0.25, -0.2) is 0 Å². The maximum atomic E-state index is 11.0. The van der Waals surface area contributed by atoms with Crippen LogP contribution in [0.1, 0.15) is 12.8 Å². The number of aliphatic hydroxyl groups is 1. The number of ketones is 1. The van der Waals surface area contributed by atoms with Gasteiger partial charge in [-0.1, -0.05) is 0 Å². The first-order valence-electron chi connectivity index (χ1n) is 3.98. The van der Waals surface area contributed by atoms with Crippen molar-refractivity contribution < 1.29 is 19.8 Å². The van der Waals surface area contributed by atoms with Gasteiger partial charge in [-0.15, -0.1) is 0 Å². The number of carbonyl (C=O) groups is 2. The number of allylic oxidation sites excluding steroid dienone is 1. The lowest BCUT2D eigenvalue weighted by atomic mass is 10.1. The monoisotopic (exact) mass is 198 g/mol. The number of carbonyl (C=O) groups excluding carboxylic acids is 1. The number of aliphatic hydroxyl groups excluding tert-OH is 1. The van der Waals surface area contributed by atoms with Crippen LogP contribution in [0.25, 0.3) is 0 Å². The van der Waals surface area contributed by atoms with Crippen molar-refractivity contribution in [1.29, 1.82) is 0 Å². The molecule has 0 spiro atoms. The minimum absolute atomic E-state index is 0.0381. The number of carboxylic acids is 1. The zero-order valence-electron chi connectivity index (χ0n) is 7.30. The third kappa shape index (κ3) is 2.17. The van der Waals surface area contributed by atoms with Crippen molar-refractivity contribution in [2.45, 2.75) is 18.9 Å². The van der Waals surface area contributed by atoms with E-state index in [1.54, 1.807) is 0 Å². The molecule has 1 aliphatic rings. The number of rotatable bonds is 3. The Labute approximate surface area is 79.7 Å². The summed E-state index contributed by atoms with van der Waals surface area (Å²) in [6.07, 6.45) is 1.22. The molecule has 0 saturated carbocycles. The van der Waals surface area contributed by atoms with Crippen LogP contribution in [0, 0.1) is 0 Å². The third-order valence-corrected chi connectivity index (χ3v) is 1.79. The quantitative estimate of drug-likeness (QED) is 0.571. The van der Waals surface area contributed by atoms with Gasteiger partial charge < -0.3 is 15.9 Å². The fourth-order valence-electron chi connectivity index (χ4n) is 1.00. The summed E-state index contributed by atoms with van der Waals surface area (Å²) in [5.41, 5.74) is 5.26. The molecule has 0 aromatic rings. The van der Waals surface area contributed by atoms with Gasteiger partial charge in [0.05, 0.1) is 5.70 Å². The lowest BCUT2D eigenvalue weighted by Crippen LogP contribution is -2.31. The van der Waals surface area contributed by atoms with Crippen molar-refractivity contribution in [1.82, 2.24) is 0 Å². The normalized spacial score (nSPS) is 18.5. The minimum atomic E-state index is -1.20. The Morgan fingerprint density at radius 2 is 2.36 bits per heavy atom. The average Bonchev–Trinajstić information content (AvgIpc) is 2.12. The Morgan fingerprint density at radius 3 is 2.93 bits per heavy atom. The molecule has 1 rings (SSSR count). The highest BCUT2D eigenvalue weighted by Gasteiger charge is 2.21. The molecule has 1 unspecified atom stereocenters. The zero-order chi connectivity index (χ0) is 10.7. The number of aliphatic imine (C=N–C) groups is 1. The van der Waals surface area contributed by atoms with Gasteiger partial charge in [-0.3, -0.25) is 14.6 Å². The van der Waals surface area contributed by atoms with E-state index in [0.29, 0.717) is 0 Å². The van der Waals surface area contributed by atoms with Crippen LogP contribution in [0.4, 0.5) is 0 Å². The first kappa shape index (κ1) is 10.4. The number of nitrogens with two attached hydrogens (primary N) is 1. The van der Waals surface area contributed by atoms with Crippen molar-refractivity contribution in [3.8, 4) is 0 Å². The molecule has 0 saturated heterocycles. The largest absolute Gasteiger partial charge is 0.503 e. The molecular formula is C8H10N2O4. The molecular weight excluding hydrogens is 188 g/mol. The van der Waals surface area contributed by atoms with E-state index >= 15 is 0 Å². The topological polar surface area (TPSA) is 113 Å². The van der Waals surface area contributed by atoms with Crippen LogP contribution >= 0.6 is 0 Å². The zero-order valence-corrected chi connectivity index (χ0v) is 7.30. The molecule has 14 heavy (non-hydrogen) atoms. The molecule has 0 bridgehead atoms. The Balaban J connectivity index is 2.77. The minimum Gasteiger partial charge on any atom is -0.503 e. The summed E-state index contributed by atoms with van der Waals surface area (Å²) in [7, 11) is 0. The number of hydrogen-bond donors (Lipinski definition) is 3. The van der Waals surface area contributed by atoms with Crippen LogP contribution < -0.4 is 5.73 Å². The third-order valence-electron chi connectivity index (χ3n) is 1.79. The lowest BCUT2D eigenvalue weighted by Gasteiger charge is -2.11. The summed E-state index contributed by atoms with van der Waals surface area (Å²) < 4.78 is 0. The van der Waals surface area contributed by atoms with Crippen molar-refractivity contribution in [3.63, 3.8) is 0 Å². The predicted octanol–water partition coefficient (Wildman–Crippen LogP) is -0.398. The van der Waals surface area contributed by atoms with Gasteiger partial charge in [-0.2, -0.15) is 0 Å². The van der Waals surface area contributed by atoms with Gasteiger partial charge in [0.15, 0.2) is 5.76 Å². The summed E-state index contributed by atoms with van der Waals surface area (Å²) in [5.74, 6) is -2.14. The van der Waals surface area contributed by atoms with Gasteiger partial charge in [0.25, 0.3) is 0 Å². The summed E-state index contributed by atoms with van der Waals surface area (Å²) in [6, 6.07) is -1.16. The molecule has 0 aromatic heterocycles. The standard InChI is InChI=1S/C8H10N2O4/c9-4(8(13)14)3-5-7(12)6(11)1-2-10-5/h2,4,12H,1,3,9H2,(H,13,14). The molecule has 6 heteroatoms. The molecule has 0 amide bonds. The first-order valence-corrected chi connectivity index (χ1v) is 3.98. The van der Waals surface area contributed by atoms with Crippen LogP contribution in [-0.4, -0.2) is 34.2 Å². The van der Waals surface area contributed by atoms with E-state index in [4.69, 9.17) is 10.8 Å². The van der Waals surface area contributed by atoms with E-state index < -0.39 is 23.6 Å². The number of Topliss-reactive ketones (excluding diaryl/α,β-unsaturated/α-hetero) is 1. The smallest absolute Gasteiger partial charge is 0.320 e. The van der Waals surface area contributed by atoms with Crippen LogP contribution in [0.3, 0.4) is 0 Å². The van der Waals surface area contributed by atoms with Gasteiger partial charge in [-0.05, 0) is 0 Å². The van der Waals surface area contributed by atoms with E-state index in [1.807, 2.05) is 0 Å². The second-order valence-electron chi connectivity index (χ2n) is 2.88. The van der Waals surface area contributed by atoms with E-state index in [1.165, 1.54) is 6.21 Å². The number of aliphatic carboxylic acids is 1. The lowest BCUT2D eigenvalue weighted by molar-refractivity contribution is -0.138. The maximum absolute atomic E-state index is 11.0. The first-order chi connectivity index (χ1) is 6.52. The highest BCUT2D eigenvalue weighted by atomic mass is 16.4. The summed E-state index contributed by atoms with van der Waals surface area (Å²) in [6.45, 7) is 0. The predicted molar refractivity (Wildman–Crippen MR) is 48.0 cm³/mol. The van der Waals surface area contributed by atoms with Crippen molar-refractivity contribution in [2.24, 2.45) is 10.7 Å². The SMILES string of the molecule is NC(CC1=C(O)C(=O)CC=N1)C(=O)O. The number of carboxylic acid groups (broad SMARTS) is 1. The van der Waals surface area contributed by atoms with E-state index in [-0.39, 0.29) is 18.5 Å². The van der Waals surface area contributed by atoms with E-state index in [9.17, 15) is 14.7 Å². The van der Waals surface area contributed by atoms with Gasteiger partial charge >= 0.3 is 5.97 Å². The summed E-state index contributed by atoms with van der Waals surface area (Å²) >= 11 is 0. The highest BCUT2D eigenvalue weighted by molar-refractivity contribution is 6.04. The summed E-state index contributed by atoms with van der Waals surface area (Å²) in [5, 5.41) is 17.7. The molecule has 1 atom stereocenters. The Hall–Kier alpha value is -1.69. The fourth-order valence-corrected chi connectivity index (χ4v) is 1.00. The fraction of sp³-hybridized carbons (Fsp3) is 0.375. The molecule has 0 radical (unpaired) electrons. The molecule has 1 heterocycles. The van der Waals surface area contributed by atoms with Gasteiger partial charge in [0.1, 0.15) is 6.04 Å². The van der Waals surface area contributed by atoms with Gasteiger partial charge in [0, 0.05) is 19.1 Å². The van der Waals surface area contributed by atoms with Crippen LogP contribution in [-0.2, 0) is 9.59 Å². The second-order valence-corrected chi connectivity index (χ2v) is 2.88. The highest BCUT2D eigenvalue weighted by Crippen LogP contribution is 2.15. The Bertz CT molecular complexity index is 332. The van der Waals surface area contributed by atoms with Crippen LogP contribution in [0.2, 0.25) is 0 Å². The van der Waals surface area contributed by atoms with E-state index in [0.717, 1.165) is 0 Å². The average molecular weight is 198 g/mol. The summed E-state index contributed by atoms with van der Waals surface area (Å²) in [4.78, 5) is 25.1. The van der Waals surface area contributed by atoms with Crippen LogP contribution in [0.5, 0.6) is 0 Å². The molecule has 6 nitrogen and oxygen atoms in total. The van der Waals surface area contributed by atoms with Gasteiger partial charge in [0.2, 0.25) is 5.78 Å². The van der Waals surface area contributed by atoms with Crippen molar-refractivity contribution in [3.05, 3.63) is 11.5 Å². The second kappa shape index (κ2) is 4.01. The number of nitrogens with zero attached hydrogens (tertiary/aromatic N) is 1. The number of hydrogen-bond acceptors (Lipinski definition) is 5. The Kier molecular flexibility index (Phi) is 2.98. The maximum Gasteiger partial charge on any atom is 0.320 e. The van der Waals surface area contributed by atoms with E-state index in [2.05, 4.69) is 4.99 Å². The molecule has 4 N–H and O–H groups in total. The molecule has 0 fully saturated rings. The molecule has 76 valence electrons. The van der Waals surface area contributed by atoms with Crippen LogP contribution in [0.15, 0.2) is 16.4 Å². The molecule has 0 aliphatic carbocycles.